The number of H-pyrrole nitrogens is 1. The average molecular weight is 460 g/mol. The van der Waals surface area contributed by atoms with Crippen molar-refractivity contribution >= 4 is 22.8 Å². The van der Waals surface area contributed by atoms with E-state index in [1.54, 1.807) is 12.3 Å². The number of aromatic nitrogens is 2. The summed E-state index contributed by atoms with van der Waals surface area (Å²) in [5.74, 6) is -0.528. The molecule has 0 unspecified atom stereocenters. The van der Waals surface area contributed by atoms with Crippen molar-refractivity contribution in [3.8, 4) is 11.6 Å². The number of rotatable bonds is 5. The first-order valence-electron chi connectivity index (χ1n) is 10.4. The number of pyridine rings is 1. The number of benzene rings is 1. The summed E-state index contributed by atoms with van der Waals surface area (Å²) in [5.41, 5.74) is 5.50. The maximum absolute atomic E-state index is 13.6. The number of hydrogen-bond acceptors (Lipinski definition) is 5. The Morgan fingerprint density at radius 1 is 1.27 bits per heavy atom. The van der Waals surface area contributed by atoms with Gasteiger partial charge in [0, 0.05) is 31.2 Å². The minimum Gasteiger partial charge on any atom is -0.437 e. The lowest BCUT2D eigenvalue weighted by molar-refractivity contribution is -0.136. The summed E-state index contributed by atoms with van der Waals surface area (Å²) in [6, 6.07) is 6.88. The summed E-state index contributed by atoms with van der Waals surface area (Å²) in [5, 5.41) is 2.09. The fourth-order valence-electron chi connectivity index (χ4n) is 3.80. The predicted octanol–water partition coefficient (Wildman–Crippen LogP) is 3.64. The number of likely N-dealkylation sites (tertiary alicyclic amines) is 1. The van der Waals surface area contributed by atoms with Crippen molar-refractivity contribution in [3.63, 3.8) is 0 Å². The summed E-state index contributed by atoms with van der Waals surface area (Å²) in [7, 11) is 1.37. The molecule has 1 amide bonds. The Morgan fingerprint density at radius 3 is 2.73 bits per heavy atom. The average Bonchev–Trinajstić information content (AvgIpc) is 3.43. The number of aromatic amines is 1. The first kappa shape index (κ1) is 22.6. The number of amides is 1. The smallest absolute Gasteiger partial charge is 0.417 e. The van der Waals surface area contributed by atoms with Gasteiger partial charge in [-0.2, -0.15) is 13.2 Å². The molecule has 4 N–H and O–H groups in total. The van der Waals surface area contributed by atoms with Gasteiger partial charge in [-0.15, -0.1) is 0 Å². The molecule has 0 atom stereocenters. The number of fused-ring (bicyclic) bond motifs is 1. The zero-order valence-electron chi connectivity index (χ0n) is 17.9. The molecule has 0 spiro atoms. The normalized spacial score (nSPS) is 15.2. The Labute approximate surface area is 187 Å². The van der Waals surface area contributed by atoms with Crippen molar-refractivity contribution in [2.75, 3.05) is 20.1 Å². The fraction of sp³-hybridized carbons (Fsp3) is 0.318. The topological polar surface area (TPSA) is 109 Å². The number of alkyl halides is 3. The number of nitrogens with zero attached hydrogens (tertiary/aromatic N) is 3. The van der Waals surface area contributed by atoms with Gasteiger partial charge in [0.1, 0.15) is 5.69 Å². The van der Waals surface area contributed by atoms with Crippen LogP contribution in [0.4, 0.5) is 13.2 Å². The predicted molar refractivity (Wildman–Crippen MR) is 117 cm³/mol. The van der Waals surface area contributed by atoms with Gasteiger partial charge in [-0.3, -0.25) is 20.0 Å². The zero-order chi connectivity index (χ0) is 23.6. The third kappa shape index (κ3) is 5.08. The molecule has 0 aliphatic carbocycles. The van der Waals surface area contributed by atoms with Crippen LogP contribution in [-0.2, 0) is 12.7 Å². The van der Waals surface area contributed by atoms with E-state index in [2.05, 4.69) is 25.2 Å². The second-order valence-corrected chi connectivity index (χ2v) is 7.73. The van der Waals surface area contributed by atoms with Crippen LogP contribution in [0.25, 0.3) is 10.9 Å². The van der Waals surface area contributed by atoms with Crippen LogP contribution in [0.1, 0.15) is 34.5 Å². The van der Waals surface area contributed by atoms with Gasteiger partial charge < -0.3 is 15.5 Å². The van der Waals surface area contributed by atoms with Crippen molar-refractivity contribution < 1.29 is 22.7 Å². The summed E-state index contributed by atoms with van der Waals surface area (Å²) < 4.78 is 46.6. The molecule has 1 aromatic carbocycles. The van der Waals surface area contributed by atoms with Crippen LogP contribution >= 0.6 is 0 Å². The number of carbonyl (C=O) groups is 1. The van der Waals surface area contributed by atoms with Gasteiger partial charge in [-0.25, -0.2) is 4.98 Å². The molecule has 0 bridgehead atoms. The van der Waals surface area contributed by atoms with Gasteiger partial charge in [-0.05, 0) is 55.8 Å². The quantitative estimate of drug-likeness (QED) is 0.398. The maximum Gasteiger partial charge on any atom is 0.417 e. The molecule has 8 nitrogen and oxygen atoms in total. The largest absolute Gasteiger partial charge is 0.437 e. The van der Waals surface area contributed by atoms with E-state index in [0.717, 1.165) is 50.2 Å². The Balaban J connectivity index is 1.68. The minimum absolute atomic E-state index is 0.0220. The Morgan fingerprint density at radius 2 is 2.03 bits per heavy atom. The first-order valence-corrected chi connectivity index (χ1v) is 10.4. The van der Waals surface area contributed by atoms with Crippen LogP contribution in [0.15, 0.2) is 41.5 Å². The Bertz CT molecular complexity index is 1200. The van der Waals surface area contributed by atoms with Gasteiger partial charge in [0.25, 0.3) is 5.91 Å². The van der Waals surface area contributed by atoms with Crippen molar-refractivity contribution in [1.29, 1.82) is 0 Å². The lowest BCUT2D eigenvalue weighted by atomic mass is 10.1. The molecule has 1 aliphatic rings. The number of halogens is 3. The van der Waals surface area contributed by atoms with E-state index < -0.39 is 17.6 Å². The van der Waals surface area contributed by atoms with Crippen LogP contribution < -0.4 is 15.8 Å². The maximum atomic E-state index is 13.6. The summed E-state index contributed by atoms with van der Waals surface area (Å²) >= 11 is 0. The van der Waals surface area contributed by atoms with Gasteiger partial charge >= 0.3 is 6.18 Å². The Hall–Kier alpha value is -3.60. The lowest BCUT2D eigenvalue weighted by Gasteiger charge is -2.15. The number of guanidine groups is 1. The minimum atomic E-state index is -4.62. The summed E-state index contributed by atoms with van der Waals surface area (Å²) in [4.78, 5) is 25.2. The summed E-state index contributed by atoms with van der Waals surface area (Å²) in [6.07, 6.45) is -0.695. The van der Waals surface area contributed by atoms with Gasteiger partial charge in [0.15, 0.2) is 11.7 Å². The molecule has 1 fully saturated rings. The van der Waals surface area contributed by atoms with E-state index in [-0.39, 0.29) is 34.2 Å². The van der Waals surface area contributed by atoms with Crippen molar-refractivity contribution in [1.82, 2.24) is 20.2 Å². The molecule has 2 aromatic heterocycles. The monoisotopic (exact) mass is 460 g/mol. The number of ether oxygens (including phenoxy) is 1. The van der Waals surface area contributed by atoms with Crippen molar-refractivity contribution in [3.05, 3.63) is 53.3 Å². The molecule has 174 valence electrons. The third-order valence-electron chi connectivity index (χ3n) is 5.41. The molecule has 0 radical (unpaired) electrons. The highest BCUT2D eigenvalue weighted by Crippen LogP contribution is 2.39. The molecule has 4 rings (SSSR count). The van der Waals surface area contributed by atoms with E-state index in [0.29, 0.717) is 0 Å². The molecule has 11 heteroatoms. The fourth-order valence-corrected chi connectivity index (χ4v) is 3.80. The molecular weight excluding hydrogens is 437 g/mol. The SMILES string of the molecule is CN=C(N)NC(=O)c1cc2c(C(F)(F)F)ccc(Oc3cc(CN4CCCC4)ccn3)c2[nH]1. The van der Waals surface area contributed by atoms with E-state index in [9.17, 15) is 18.0 Å². The Kier molecular flexibility index (Phi) is 6.23. The van der Waals surface area contributed by atoms with E-state index in [1.807, 2.05) is 6.07 Å². The van der Waals surface area contributed by atoms with Crippen molar-refractivity contribution in [2.24, 2.45) is 10.7 Å². The molecule has 33 heavy (non-hydrogen) atoms. The number of carbonyl (C=O) groups excluding carboxylic acids is 1. The van der Waals surface area contributed by atoms with Crippen LogP contribution in [0.5, 0.6) is 11.6 Å². The summed E-state index contributed by atoms with van der Waals surface area (Å²) in [6.45, 7) is 2.80. The molecule has 1 aliphatic heterocycles. The molecular formula is C22H23F3N6O2. The van der Waals surface area contributed by atoms with Crippen LogP contribution in [0.2, 0.25) is 0 Å². The second kappa shape index (κ2) is 9.10. The first-order chi connectivity index (χ1) is 15.7. The molecule has 1 saturated heterocycles. The standard InChI is InChI=1S/C22H23F3N6O2/c1-27-21(26)30-20(32)16-11-14-15(22(23,24)25)4-5-17(19(14)29-16)33-18-10-13(6-7-28-18)12-31-8-2-3-9-31/h4-7,10-11,29H,2-3,8-9,12H2,1H3,(H3,26,27,30,32). The van der Waals surface area contributed by atoms with Crippen molar-refractivity contribution in [2.45, 2.75) is 25.6 Å². The highest BCUT2D eigenvalue weighted by atomic mass is 19.4. The molecule has 3 heterocycles. The van der Waals surface area contributed by atoms with Crippen LogP contribution in [0.3, 0.4) is 0 Å². The van der Waals surface area contributed by atoms with E-state index >= 15 is 0 Å². The van der Waals surface area contributed by atoms with Gasteiger partial charge in [0.2, 0.25) is 5.88 Å². The number of nitrogens with one attached hydrogen (secondary N) is 2. The highest BCUT2D eigenvalue weighted by Gasteiger charge is 2.34. The lowest BCUT2D eigenvalue weighted by Crippen LogP contribution is -2.36. The van der Waals surface area contributed by atoms with E-state index in [4.69, 9.17) is 10.5 Å². The molecule has 3 aromatic rings. The highest BCUT2D eigenvalue weighted by molar-refractivity contribution is 6.07. The number of hydrogen-bond donors (Lipinski definition) is 3. The molecule has 0 saturated carbocycles. The van der Waals surface area contributed by atoms with Crippen LogP contribution in [0, 0.1) is 0 Å². The second-order valence-electron chi connectivity index (χ2n) is 7.73. The van der Waals surface area contributed by atoms with Gasteiger partial charge in [-0.1, -0.05) is 0 Å². The van der Waals surface area contributed by atoms with E-state index in [1.165, 1.54) is 13.1 Å². The van der Waals surface area contributed by atoms with Gasteiger partial charge in [0.05, 0.1) is 11.1 Å². The number of nitrogens with two attached hydrogens (primary N) is 1. The van der Waals surface area contributed by atoms with Crippen LogP contribution in [-0.4, -0.2) is 46.9 Å². The zero-order valence-corrected chi connectivity index (χ0v) is 17.9. The number of aliphatic imine (C=N–C) groups is 1. The third-order valence-corrected chi connectivity index (χ3v) is 5.41.